The highest BCUT2D eigenvalue weighted by atomic mass is 32.2. The van der Waals surface area contributed by atoms with Crippen molar-refractivity contribution < 1.29 is 8.42 Å². The molecule has 1 aliphatic carbocycles. The minimum Gasteiger partial charge on any atom is -0.207 e. The molecule has 1 aliphatic heterocycles. The van der Waals surface area contributed by atoms with Crippen LogP contribution < -0.4 is 0 Å². The molecule has 0 N–H and O–H groups in total. The molecule has 0 spiro atoms. The Morgan fingerprint density at radius 2 is 1.75 bits per heavy atom. The van der Waals surface area contributed by atoms with E-state index in [1.165, 1.54) is 24.0 Å². The van der Waals surface area contributed by atoms with Crippen LogP contribution >= 0.6 is 0 Å². The first-order valence-electron chi connectivity index (χ1n) is 8.76. The molecule has 1 aromatic carbocycles. The Labute approximate surface area is 147 Å². The van der Waals surface area contributed by atoms with E-state index in [-0.39, 0.29) is 0 Å². The van der Waals surface area contributed by atoms with E-state index in [4.69, 9.17) is 0 Å². The average molecular weight is 362 g/mol. The first kappa shape index (κ1) is 17.6. The predicted molar refractivity (Wildman–Crippen MR) is 102 cm³/mol. The zero-order valence-corrected chi connectivity index (χ0v) is 16.7. The summed E-state index contributed by atoms with van der Waals surface area (Å²) in [5, 5.41) is 0. The van der Waals surface area contributed by atoms with Gasteiger partial charge in [0.2, 0.25) is 10.0 Å². The Morgan fingerprint density at radius 3 is 2.38 bits per heavy atom. The molecule has 0 saturated heterocycles. The van der Waals surface area contributed by atoms with Gasteiger partial charge in [0, 0.05) is 12.7 Å². The third kappa shape index (κ3) is 3.73. The molecular weight excluding hydrogens is 334 g/mol. The van der Waals surface area contributed by atoms with Gasteiger partial charge in [0.25, 0.3) is 0 Å². The van der Waals surface area contributed by atoms with Crippen LogP contribution in [0.25, 0.3) is 0 Å². The maximum atomic E-state index is 13.1. The normalized spacial score (nSPS) is 22.0. The second-order valence-corrected chi connectivity index (χ2v) is 14.2. The van der Waals surface area contributed by atoms with Gasteiger partial charge in [-0.25, -0.2) is 8.42 Å². The van der Waals surface area contributed by atoms with E-state index in [0.29, 0.717) is 17.6 Å². The first-order valence-corrected chi connectivity index (χ1v) is 13.5. The fraction of sp³-hybridized carbons (Fsp3) is 0.474. The lowest BCUT2D eigenvalue weighted by Crippen LogP contribution is -2.49. The molecule has 0 atom stereocenters. The molecule has 3 rings (SSSR count). The molecule has 0 aromatic heterocycles. The molecule has 0 fully saturated rings. The van der Waals surface area contributed by atoms with Gasteiger partial charge in [-0.3, -0.25) is 0 Å². The second kappa shape index (κ2) is 6.62. The molecule has 0 amide bonds. The van der Waals surface area contributed by atoms with Gasteiger partial charge < -0.3 is 0 Å². The van der Waals surface area contributed by atoms with E-state index in [0.717, 1.165) is 18.4 Å². The third-order valence-corrected chi connectivity index (χ3v) is 9.22. The van der Waals surface area contributed by atoms with E-state index >= 15 is 0 Å². The summed E-state index contributed by atoms with van der Waals surface area (Å²) in [6.07, 6.45) is 7.68. The summed E-state index contributed by atoms with van der Waals surface area (Å²) < 4.78 is 27.9. The van der Waals surface area contributed by atoms with Crippen LogP contribution in [0.5, 0.6) is 0 Å². The molecule has 5 heteroatoms. The molecule has 2 aliphatic rings. The standard InChI is InChI=1S/C19H27NO2SSi/c1-16-9-11-19(12-10-16)23(21,22)20-13-18(14-24(2,3)15-20)17-7-5-4-6-8-17/h7,9-12,14H,4-6,8,13,15H2,1-3H3. The molecule has 3 nitrogen and oxygen atoms in total. The summed E-state index contributed by atoms with van der Waals surface area (Å²) in [5.41, 5.74) is 6.14. The summed E-state index contributed by atoms with van der Waals surface area (Å²) in [6.45, 7) is 7.02. The molecule has 24 heavy (non-hydrogen) atoms. The molecule has 0 saturated carbocycles. The lowest BCUT2D eigenvalue weighted by atomic mass is 9.94. The summed E-state index contributed by atoms with van der Waals surface area (Å²) in [7, 11) is -5.13. The predicted octanol–water partition coefficient (Wildman–Crippen LogP) is 4.21. The maximum absolute atomic E-state index is 13.1. The highest BCUT2D eigenvalue weighted by Crippen LogP contribution is 2.31. The molecule has 130 valence electrons. The van der Waals surface area contributed by atoms with Crippen LogP contribution in [0.15, 0.2) is 52.1 Å². The Morgan fingerprint density at radius 1 is 1.04 bits per heavy atom. The fourth-order valence-corrected chi connectivity index (χ4v) is 8.71. The van der Waals surface area contributed by atoms with Crippen molar-refractivity contribution in [1.29, 1.82) is 0 Å². The van der Waals surface area contributed by atoms with Crippen molar-refractivity contribution in [3.8, 4) is 0 Å². The highest BCUT2D eigenvalue weighted by molar-refractivity contribution is 7.89. The van der Waals surface area contributed by atoms with Crippen LogP contribution in [0.1, 0.15) is 31.2 Å². The van der Waals surface area contributed by atoms with E-state index in [2.05, 4.69) is 24.9 Å². The topological polar surface area (TPSA) is 37.4 Å². The Bertz CT molecular complexity index is 776. The fourth-order valence-electron chi connectivity index (χ4n) is 3.62. The zero-order valence-electron chi connectivity index (χ0n) is 14.9. The van der Waals surface area contributed by atoms with Gasteiger partial charge in [-0.1, -0.05) is 42.6 Å². The lowest BCUT2D eigenvalue weighted by Gasteiger charge is -2.36. The number of sulfonamides is 1. The zero-order chi connectivity index (χ0) is 17.4. The summed E-state index contributed by atoms with van der Waals surface area (Å²) in [6, 6.07) is 7.22. The van der Waals surface area contributed by atoms with E-state index in [9.17, 15) is 8.42 Å². The molecule has 0 bridgehead atoms. The molecule has 0 radical (unpaired) electrons. The van der Waals surface area contributed by atoms with Gasteiger partial charge in [0.15, 0.2) is 0 Å². The number of benzene rings is 1. The minimum absolute atomic E-state index is 0.414. The van der Waals surface area contributed by atoms with Crippen molar-refractivity contribution in [1.82, 2.24) is 4.31 Å². The SMILES string of the molecule is Cc1ccc(S(=O)(=O)N2CC(C3=CCCCC3)=C[Si](C)(C)C2)cc1. The first-order chi connectivity index (χ1) is 11.3. The van der Waals surface area contributed by atoms with Crippen LogP contribution in [-0.4, -0.2) is 33.5 Å². The number of nitrogens with zero attached hydrogens (tertiary/aromatic N) is 1. The van der Waals surface area contributed by atoms with Gasteiger partial charge in [0.1, 0.15) is 0 Å². The van der Waals surface area contributed by atoms with Crippen LogP contribution in [0.2, 0.25) is 13.1 Å². The second-order valence-electron chi connectivity index (χ2n) is 7.72. The van der Waals surface area contributed by atoms with E-state index in [1.54, 1.807) is 16.4 Å². The van der Waals surface area contributed by atoms with Crippen LogP contribution in [0, 0.1) is 6.92 Å². The van der Waals surface area contributed by atoms with Crippen LogP contribution in [0.3, 0.4) is 0 Å². The number of hydrogen-bond acceptors (Lipinski definition) is 2. The highest BCUT2D eigenvalue weighted by Gasteiger charge is 2.36. The monoisotopic (exact) mass is 361 g/mol. The van der Waals surface area contributed by atoms with Crippen molar-refractivity contribution in [2.24, 2.45) is 0 Å². The summed E-state index contributed by atoms with van der Waals surface area (Å²) in [5.74, 6) is 0. The van der Waals surface area contributed by atoms with Crippen molar-refractivity contribution in [2.45, 2.75) is 50.6 Å². The summed E-state index contributed by atoms with van der Waals surface area (Å²) in [4.78, 5) is 0.414. The maximum Gasteiger partial charge on any atom is 0.243 e. The largest absolute Gasteiger partial charge is 0.243 e. The van der Waals surface area contributed by atoms with Crippen molar-refractivity contribution in [3.63, 3.8) is 0 Å². The van der Waals surface area contributed by atoms with Crippen molar-refractivity contribution >= 4 is 18.1 Å². The quantitative estimate of drug-likeness (QED) is 0.756. The van der Waals surface area contributed by atoms with Crippen molar-refractivity contribution in [2.75, 3.05) is 12.7 Å². The van der Waals surface area contributed by atoms with Crippen LogP contribution in [0.4, 0.5) is 0 Å². The Kier molecular flexibility index (Phi) is 4.86. The van der Waals surface area contributed by atoms with Gasteiger partial charge in [-0.15, -0.1) is 0 Å². The molecular formula is C19H27NO2SSi. The smallest absolute Gasteiger partial charge is 0.207 e. The number of rotatable bonds is 3. The van der Waals surface area contributed by atoms with Gasteiger partial charge in [0.05, 0.1) is 13.0 Å². The average Bonchev–Trinajstić information content (AvgIpc) is 2.54. The van der Waals surface area contributed by atoms with Gasteiger partial charge in [-0.2, -0.15) is 4.31 Å². The Balaban J connectivity index is 1.93. The summed E-state index contributed by atoms with van der Waals surface area (Å²) >= 11 is 0. The van der Waals surface area contributed by atoms with Gasteiger partial charge in [-0.05, 0) is 55.9 Å². The lowest BCUT2D eigenvalue weighted by molar-refractivity contribution is 0.471. The van der Waals surface area contributed by atoms with Crippen molar-refractivity contribution in [3.05, 3.63) is 52.8 Å². The Hall–Kier alpha value is -1.17. The number of allylic oxidation sites excluding steroid dienone is 1. The number of aryl methyl sites for hydroxylation is 1. The van der Waals surface area contributed by atoms with E-state index < -0.39 is 18.1 Å². The number of hydrogen-bond donors (Lipinski definition) is 0. The third-order valence-electron chi connectivity index (χ3n) is 4.86. The molecule has 0 unspecified atom stereocenters. The molecule has 1 aromatic rings. The molecule has 1 heterocycles. The van der Waals surface area contributed by atoms with Gasteiger partial charge >= 0.3 is 0 Å². The van der Waals surface area contributed by atoms with Crippen LogP contribution in [-0.2, 0) is 10.0 Å². The minimum atomic E-state index is -3.42. The van der Waals surface area contributed by atoms with E-state index in [1.807, 2.05) is 19.1 Å².